The van der Waals surface area contributed by atoms with Crippen LogP contribution in [-0.2, 0) is 23.2 Å². The summed E-state index contributed by atoms with van der Waals surface area (Å²) in [5.41, 5.74) is 2.04. The number of amides is 1. The van der Waals surface area contributed by atoms with Crippen molar-refractivity contribution in [2.45, 2.75) is 32.2 Å². The van der Waals surface area contributed by atoms with E-state index in [2.05, 4.69) is 26.6 Å². The lowest BCUT2D eigenvalue weighted by Gasteiger charge is -2.25. The standard InChI is InChI=1S/C19H20BrFN2O.ClH/c1-19(2,13-4-6-14(20)7-5-13)18(24)23-16-8-3-12-11-22-10-9-15(12)17(16)21;/h3-8,22H,9-11H2,1-2H3,(H,23,24);1H. The number of hydrogen-bond donors (Lipinski definition) is 2. The Morgan fingerprint density at radius 2 is 1.88 bits per heavy atom. The summed E-state index contributed by atoms with van der Waals surface area (Å²) in [4.78, 5) is 12.7. The van der Waals surface area contributed by atoms with Crippen molar-refractivity contribution in [1.82, 2.24) is 5.32 Å². The fraction of sp³-hybridized carbons (Fsp3) is 0.316. The van der Waals surface area contributed by atoms with E-state index in [4.69, 9.17) is 0 Å². The molecule has 1 aliphatic heterocycles. The number of halogens is 3. The summed E-state index contributed by atoms with van der Waals surface area (Å²) in [6, 6.07) is 11.1. The Morgan fingerprint density at radius 3 is 2.56 bits per heavy atom. The van der Waals surface area contributed by atoms with Crippen molar-refractivity contribution in [3.63, 3.8) is 0 Å². The van der Waals surface area contributed by atoms with Gasteiger partial charge >= 0.3 is 0 Å². The Bertz CT molecular complexity index is 778. The number of hydrogen-bond acceptors (Lipinski definition) is 2. The maximum atomic E-state index is 14.7. The molecule has 0 fully saturated rings. The van der Waals surface area contributed by atoms with Crippen LogP contribution in [0.1, 0.15) is 30.5 Å². The third-order valence-corrected chi connectivity index (χ3v) is 5.12. The first-order valence-corrected chi connectivity index (χ1v) is 8.77. The minimum atomic E-state index is -0.759. The molecule has 6 heteroatoms. The maximum absolute atomic E-state index is 14.7. The van der Waals surface area contributed by atoms with E-state index in [-0.39, 0.29) is 29.8 Å². The highest BCUT2D eigenvalue weighted by Gasteiger charge is 2.30. The average molecular weight is 428 g/mol. The van der Waals surface area contributed by atoms with Crippen molar-refractivity contribution in [3.05, 3.63) is 63.4 Å². The van der Waals surface area contributed by atoms with Crippen LogP contribution in [0.15, 0.2) is 40.9 Å². The Balaban J connectivity index is 0.00000225. The van der Waals surface area contributed by atoms with E-state index in [1.807, 2.05) is 44.2 Å². The van der Waals surface area contributed by atoms with E-state index in [0.717, 1.165) is 22.1 Å². The molecule has 0 saturated heterocycles. The highest BCUT2D eigenvalue weighted by Crippen LogP contribution is 2.29. The van der Waals surface area contributed by atoms with Crippen molar-refractivity contribution in [1.29, 1.82) is 0 Å². The first-order valence-electron chi connectivity index (χ1n) is 7.98. The van der Waals surface area contributed by atoms with Crippen molar-refractivity contribution in [2.75, 3.05) is 11.9 Å². The Labute approximate surface area is 161 Å². The maximum Gasteiger partial charge on any atom is 0.234 e. The summed E-state index contributed by atoms with van der Waals surface area (Å²) in [5.74, 6) is -0.536. The lowest BCUT2D eigenvalue weighted by Crippen LogP contribution is -2.35. The molecule has 2 aromatic carbocycles. The molecule has 2 N–H and O–H groups in total. The average Bonchev–Trinajstić information content (AvgIpc) is 2.58. The van der Waals surface area contributed by atoms with Gasteiger partial charge in [0.2, 0.25) is 5.91 Å². The molecule has 2 aromatic rings. The number of nitrogens with one attached hydrogen (secondary N) is 2. The van der Waals surface area contributed by atoms with Gasteiger partial charge in [0, 0.05) is 11.0 Å². The molecule has 1 heterocycles. The smallest absolute Gasteiger partial charge is 0.234 e. The number of anilines is 1. The second kappa shape index (κ2) is 7.85. The second-order valence-corrected chi connectivity index (χ2v) is 7.49. The van der Waals surface area contributed by atoms with Gasteiger partial charge in [-0.05, 0) is 61.7 Å². The van der Waals surface area contributed by atoms with Crippen LogP contribution in [0.3, 0.4) is 0 Å². The van der Waals surface area contributed by atoms with E-state index in [1.165, 1.54) is 0 Å². The largest absolute Gasteiger partial charge is 0.323 e. The molecule has 3 rings (SSSR count). The molecule has 25 heavy (non-hydrogen) atoms. The van der Waals surface area contributed by atoms with Gasteiger partial charge in [0.25, 0.3) is 0 Å². The van der Waals surface area contributed by atoms with Crippen molar-refractivity contribution >= 4 is 39.9 Å². The van der Waals surface area contributed by atoms with Crippen LogP contribution in [0, 0.1) is 5.82 Å². The monoisotopic (exact) mass is 426 g/mol. The highest BCUT2D eigenvalue weighted by molar-refractivity contribution is 9.10. The van der Waals surface area contributed by atoms with E-state index in [1.54, 1.807) is 6.07 Å². The summed E-state index contributed by atoms with van der Waals surface area (Å²) in [7, 11) is 0. The summed E-state index contributed by atoms with van der Waals surface area (Å²) in [6.07, 6.45) is 0.640. The van der Waals surface area contributed by atoms with Gasteiger partial charge in [-0.3, -0.25) is 4.79 Å². The molecule has 0 bridgehead atoms. The molecular formula is C19H21BrClFN2O. The number of benzene rings is 2. The molecule has 0 aliphatic carbocycles. The lowest BCUT2D eigenvalue weighted by molar-refractivity contribution is -0.120. The molecule has 0 saturated carbocycles. The van der Waals surface area contributed by atoms with E-state index >= 15 is 0 Å². The van der Waals surface area contributed by atoms with Gasteiger partial charge in [0.15, 0.2) is 0 Å². The van der Waals surface area contributed by atoms with Crippen LogP contribution in [0.5, 0.6) is 0 Å². The minimum absolute atomic E-state index is 0. The molecule has 0 unspecified atom stereocenters. The Morgan fingerprint density at radius 1 is 1.20 bits per heavy atom. The molecule has 0 aromatic heterocycles. The quantitative estimate of drug-likeness (QED) is 0.753. The van der Waals surface area contributed by atoms with Gasteiger partial charge in [0.1, 0.15) is 5.82 Å². The first-order chi connectivity index (χ1) is 11.4. The lowest BCUT2D eigenvalue weighted by atomic mass is 9.83. The summed E-state index contributed by atoms with van der Waals surface area (Å²) in [5, 5.41) is 5.99. The summed E-state index contributed by atoms with van der Waals surface area (Å²) >= 11 is 3.39. The topological polar surface area (TPSA) is 41.1 Å². The van der Waals surface area contributed by atoms with Crippen LogP contribution < -0.4 is 10.6 Å². The predicted octanol–water partition coefficient (Wildman–Crippen LogP) is 4.57. The number of rotatable bonds is 3. The number of carbonyl (C=O) groups excluding carboxylic acids is 1. The molecule has 3 nitrogen and oxygen atoms in total. The summed E-state index contributed by atoms with van der Waals surface area (Å²) < 4.78 is 15.7. The van der Waals surface area contributed by atoms with Gasteiger partial charge in [-0.2, -0.15) is 0 Å². The second-order valence-electron chi connectivity index (χ2n) is 6.58. The van der Waals surface area contributed by atoms with Crippen LogP contribution in [0.4, 0.5) is 10.1 Å². The van der Waals surface area contributed by atoms with E-state index in [0.29, 0.717) is 18.5 Å². The number of carbonyl (C=O) groups is 1. The van der Waals surface area contributed by atoms with Gasteiger partial charge in [-0.15, -0.1) is 12.4 Å². The van der Waals surface area contributed by atoms with Crippen molar-refractivity contribution < 1.29 is 9.18 Å². The Hall–Kier alpha value is -1.43. The third kappa shape index (κ3) is 4.05. The molecular weight excluding hydrogens is 407 g/mol. The predicted molar refractivity (Wildman–Crippen MR) is 105 cm³/mol. The van der Waals surface area contributed by atoms with Crippen LogP contribution in [0.2, 0.25) is 0 Å². The molecule has 1 aliphatic rings. The molecule has 0 radical (unpaired) electrons. The SMILES string of the molecule is CC(C)(C(=O)Nc1ccc2c(c1F)CCNC2)c1ccc(Br)cc1.Cl. The van der Waals surface area contributed by atoms with E-state index in [9.17, 15) is 9.18 Å². The zero-order chi connectivity index (χ0) is 17.3. The van der Waals surface area contributed by atoms with Gasteiger partial charge in [0.05, 0.1) is 11.1 Å². The van der Waals surface area contributed by atoms with Crippen molar-refractivity contribution in [3.8, 4) is 0 Å². The zero-order valence-corrected chi connectivity index (χ0v) is 16.6. The fourth-order valence-electron chi connectivity index (χ4n) is 2.91. The normalized spacial score (nSPS) is 13.6. The third-order valence-electron chi connectivity index (χ3n) is 4.59. The van der Waals surface area contributed by atoms with Gasteiger partial charge in [-0.25, -0.2) is 4.39 Å². The molecule has 134 valence electrons. The highest BCUT2D eigenvalue weighted by atomic mass is 79.9. The van der Waals surface area contributed by atoms with Gasteiger partial charge < -0.3 is 10.6 Å². The minimum Gasteiger partial charge on any atom is -0.323 e. The summed E-state index contributed by atoms with van der Waals surface area (Å²) in [6.45, 7) is 5.11. The fourth-order valence-corrected chi connectivity index (χ4v) is 3.17. The van der Waals surface area contributed by atoms with Crippen LogP contribution in [-0.4, -0.2) is 12.5 Å². The molecule has 0 spiro atoms. The van der Waals surface area contributed by atoms with Gasteiger partial charge in [-0.1, -0.05) is 34.1 Å². The van der Waals surface area contributed by atoms with Crippen LogP contribution >= 0.6 is 28.3 Å². The van der Waals surface area contributed by atoms with Crippen LogP contribution in [0.25, 0.3) is 0 Å². The van der Waals surface area contributed by atoms with E-state index < -0.39 is 5.41 Å². The Kier molecular flexibility index (Phi) is 6.25. The van der Waals surface area contributed by atoms with Crippen molar-refractivity contribution in [2.24, 2.45) is 0 Å². The first kappa shape index (κ1) is 19.9. The molecule has 1 amide bonds. The zero-order valence-electron chi connectivity index (χ0n) is 14.2. The molecule has 0 atom stereocenters. The number of fused-ring (bicyclic) bond motifs is 1.